The van der Waals surface area contributed by atoms with Gasteiger partial charge in [-0.2, -0.15) is 5.10 Å². The zero-order valence-electron chi connectivity index (χ0n) is 18.3. The quantitative estimate of drug-likeness (QED) is 0.716. The molecule has 2 heterocycles. The number of nitrogens with one attached hydrogen (secondary N) is 2. The third-order valence-electron chi connectivity index (χ3n) is 6.45. The second-order valence-electron chi connectivity index (χ2n) is 9.28. The maximum atomic E-state index is 12.7. The van der Waals surface area contributed by atoms with E-state index < -0.39 is 0 Å². The lowest BCUT2D eigenvalue weighted by molar-refractivity contribution is 0.102. The molecule has 1 saturated carbocycles. The Kier molecular flexibility index (Phi) is 6.65. The Morgan fingerprint density at radius 2 is 2.11 bits per heavy atom. The van der Waals surface area contributed by atoms with Crippen LogP contribution in [0, 0.1) is 5.92 Å². The maximum absolute atomic E-state index is 12.7. The van der Waals surface area contributed by atoms with E-state index in [0.717, 1.165) is 58.4 Å². The van der Waals surface area contributed by atoms with Crippen LogP contribution in [-0.2, 0) is 6.54 Å². The number of urea groups is 1. The largest absolute Gasteiger partial charge is 0.325 e. The van der Waals surface area contributed by atoms with Crippen LogP contribution in [0.25, 0.3) is 0 Å². The minimum absolute atomic E-state index is 0.0205. The van der Waals surface area contributed by atoms with Gasteiger partial charge in [-0.05, 0) is 45.7 Å². The van der Waals surface area contributed by atoms with Gasteiger partial charge in [-0.25, -0.2) is 4.79 Å². The molecule has 0 atom stereocenters. The van der Waals surface area contributed by atoms with E-state index in [9.17, 15) is 4.79 Å². The number of H-pyrrole nitrogens is 1. The van der Waals surface area contributed by atoms with Crippen molar-refractivity contribution >= 4 is 6.03 Å². The Bertz CT molecular complexity index is 649. The molecule has 28 heavy (non-hydrogen) atoms. The Morgan fingerprint density at radius 1 is 1.39 bits per heavy atom. The van der Waals surface area contributed by atoms with Crippen molar-refractivity contribution in [2.45, 2.75) is 57.5 Å². The molecule has 2 aliphatic rings. The highest BCUT2D eigenvalue weighted by Gasteiger charge is 2.50. The van der Waals surface area contributed by atoms with Gasteiger partial charge in [0, 0.05) is 57.4 Å². The van der Waals surface area contributed by atoms with Crippen molar-refractivity contribution in [3.05, 3.63) is 17.5 Å². The number of nitrogens with zero attached hydrogens (tertiary/aromatic N) is 4. The van der Waals surface area contributed by atoms with Gasteiger partial charge >= 0.3 is 6.03 Å². The van der Waals surface area contributed by atoms with Gasteiger partial charge in [0.15, 0.2) is 0 Å². The smallest absolute Gasteiger partial charge is 0.320 e. The summed E-state index contributed by atoms with van der Waals surface area (Å²) in [6.45, 7) is 9.06. The summed E-state index contributed by atoms with van der Waals surface area (Å²) in [5.74, 6) is 0.989. The van der Waals surface area contributed by atoms with Crippen molar-refractivity contribution in [3.63, 3.8) is 0 Å². The first-order valence-electron chi connectivity index (χ1n) is 10.7. The van der Waals surface area contributed by atoms with Crippen LogP contribution in [0.2, 0.25) is 0 Å². The van der Waals surface area contributed by atoms with Gasteiger partial charge in [0.05, 0.1) is 11.2 Å². The Balaban J connectivity index is 1.66. The number of carbonyl (C=O) groups excluding carboxylic acids is 1. The molecule has 1 aliphatic carbocycles. The van der Waals surface area contributed by atoms with E-state index >= 15 is 0 Å². The Morgan fingerprint density at radius 3 is 2.75 bits per heavy atom. The van der Waals surface area contributed by atoms with Gasteiger partial charge in [-0.3, -0.25) is 5.10 Å². The average molecular weight is 391 g/mol. The van der Waals surface area contributed by atoms with Crippen molar-refractivity contribution in [1.29, 1.82) is 0 Å². The minimum Gasteiger partial charge on any atom is -0.325 e. The fourth-order valence-corrected chi connectivity index (χ4v) is 4.98. The number of hydrogen-bond acceptors (Lipinski definition) is 4. The molecule has 1 aromatic heterocycles. The van der Waals surface area contributed by atoms with Crippen LogP contribution >= 0.6 is 0 Å². The first kappa shape index (κ1) is 21.1. The Hall–Kier alpha value is -1.60. The van der Waals surface area contributed by atoms with Crippen LogP contribution in [0.5, 0.6) is 0 Å². The number of aromatic amines is 1. The highest BCUT2D eigenvalue weighted by atomic mass is 16.2. The molecule has 0 aromatic carbocycles. The first-order valence-corrected chi connectivity index (χ1v) is 10.7. The summed E-state index contributed by atoms with van der Waals surface area (Å²) < 4.78 is 0. The predicted octanol–water partition coefficient (Wildman–Crippen LogP) is 2.48. The van der Waals surface area contributed by atoms with E-state index in [1.54, 1.807) is 0 Å². The van der Waals surface area contributed by atoms with Gasteiger partial charge in [0.1, 0.15) is 0 Å². The van der Waals surface area contributed by atoms with E-state index in [4.69, 9.17) is 0 Å². The molecular formula is C21H38N6O. The molecule has 1 spiro atoms. The lowest BCUT2D eigenvalue weighted by Crippen LogP contribution is -2.50. The van der Waals surface area contributed by atoms with Crippen LogP contribution in [-0.4, -0.2) is 83.8 Å². The van der Waals surface area contributed by atoms with E-state index in [1.807, 2.05) is 19.0 Å². The fraction of sp³-hybridized carbons (Fsp3) is 0.810. The van der Waals surface area contributed by atoms with Crippen LogP contribution in [0.4, 0.5) is 4.79 Å². The average Bonchev–Trinajstić information content (AvgIpc) is 3.19. The molecule has 0 radical (unpaired) electrons. The first-order chi connectivity index (χ1) is 13.4. The summed E-state index contributed by atoms with van der Waals surface area (Å²) in [4.78, 5) is 19.1. The minimum atomic E-state index is 0.0205. The van der Waals surface area contributed by atoms with Gasteiger partial charge in [-0.15, -0.1) is 0 Å². The summed E-state index contributed by atoms with van der Waals surface area (Å²) >= 11 is 0. The number of hydrogen-bond donors (Lipinski definition) is 2. The Labute approximate surface area is 169 Å². The highest BCUT2D eigenvalue weighted by Crippen LogP contribution is 2.44. The number of rotatable bonds is 8. The monoisotopic (exact) mass is 390 g/mol. The third-order valence-corrected chi connectivity index (χ3v) is 6.45. The van der Waals surface area contributed by atoms with Gasteiger partial charge in [0.2, 0.25) is 0 Å². The van der Waals surface area contributed by atoms with Crippen LogP contribution in [0.3, 0.4) is 0 Å². The summed E-state index contributed by atoms with van der Waals surface area (Å²) in [5, 5.41) is 10.9. The van der Waals surface area contributed by atoms with Crippen LogP contribution in [0.1, 0.15) is 56.7 Å². The molecule has 1 aliphatic heterocycles. The van der Waals surface area contributed by atoms with E-state index in [0.29, 0.717) is 11.8 Å². The van der Waals surface area contributed by atoms with Crippen molar-refractivity contribution < 1.29 is 4.79 Å². The molecule has 2 N–H and O–H groups in total. The predicted molar refractivity (Wildman–Crippen MR) is 112 cm³/mol. The topological polar surface area (TPSA) is 67.5 Å². The van der Waals surface area contributed by atoms with Gasteiger partial charge in [0.25, 0.3) is 0 Å². The second-order valence-corrected chi connectivity index (χ2v) is 9.28. The lowest BCUT2D eigenvalue weighted by Gasteiger charge is -2.43. The number of amides is 2. The lowest BCUT2D eigenvalue weighted by atomic mass is 9.74. The van der Waals surface area contributed by atoms with Crippen molar-refractivity contribution in [2.24, 2.45) is 5.92 Å². The molecule has 1 saturated heterocycles. The van der Waals surface area contributed by atoms with Crippen molar-refractivity contribution in [3.8, 4) is 0 Å². The normalized spacial score (nSPS) is 25.7. The molecule has 1 aromatic rings. The van der Waals surface area contributed by atoms with Gasteiger partial charge < -0.3 is 20.0 Å². The van der Waals surface area contributed by atoms with E-state index in [-0.39, 0.29) is 11.6 Å². The zero-order chi connectivity index (χ0) is 20.3. The molecule has 2 amide bonds. The van der Waals surface area contributed by atoms with Crippen molar-refractivity contribution in [1.82, 2.24) is 30.2 Å². The van der Waals surface area contributed by atoms with Crippen LogP contribution in [0.15, 0.2) is 6.20 Å². The third kappa shape index (κ3) is 4.35. The molecule has 7 heteroatoms. The zero-order valence-corrected chi connectivity index (χ0v) is 18.3. The van der Waals surface area contributed by atoms with Crippen molar-refractivity contribution in [2.75, 3.05) is 47.3 Å². The number of carbonyl (C=O) groups is 1. The maximum Gasteiger partial charge on any atom is 0.320 e. The molecular weight excluding hydrogens is 352 g/mol. The van der Waals surface area contributed by atoms with Gasteiger partial charge in [-0.1, -0.05) is 13.8 Å². The number of likely N-dealkylation sites (N-methyl/N-ethyl adjacent to an activating group) is 3. The van der Waals surface area contributed by atoms with E-state index in [2.05, 4.69) is 52.4 Å². The fourth-order valence-electron chi connectivity index (χ4n) is 4.98. The van der Waals surface area contributed by atoms with E-state index in [1.165, 1.54) is 11.3 Å². The summed E-state index contributed by atoms with van der Waals surface area (Å²) in [7, 11) is 6.10. The SMILES string of the molecule is CNCCN(C)Cc1c[nH]nc1C1CCC2(CC1)CN(C)C(=O)N2CC(C)C. The summed E-state index contributed by atoms with van der Waals surface area (Å²) in [6, 6.07) is 0.207. The molecule has 0 unspecified atom stereocenters. The number of aromatic nitrogens is 2. The molecule has 3 rings (SSSR count). The molecule has 2 fully saturated rings. The summed E-state index contributed by atoms with van der Waals surface area (Å²) in [5.41, 5.74) is 2.57. The second kappa shape index (κ2) is 8.82. The molecule has 158 valence electrons. The molecule has 0 bridgehead atoms. The standard InChI is InChI=1S/C21H38N6O/c1-16(2)13-27-20(28)26(5)15-21(27)8-6-17(7-9-21)19-18(12-23-24-19)14-25(4)11-10-22-3/h12,16-17,22H,6-11,13-15H2,1-5H3,(H,23,24). The molecule has 7 nitrogen and oxygen atoms in total. The summed E-state index contributed by atoms with van der Waals surface area (Å²) in [6.07, 6.45) is 6.42. The van der Waals surface area contributed by atoms with Crippen LogP contribution < -0.4 is 5.32 Å². The highest BCUT2D eigenvalue weighted by molar-refractivity contribution is 5.78.